The second-order valence-corrected chi connectivity index (χ2v) is 9.08. The number of carbonyl (C=O) groups is 2. The molecular weight excluding hydrogens is 496 g/mol. The van der Waals surface area contributed by atoms with Crippen molar-refractivity contribution in [2.45, 2.75) is 13.5 Å². The Kier molecular flexibility index (Phi) is 7.61. The summed E-state index contributed by atoms with van der Waals surface area (Å²) in [5, 5.41) is 19.3. The lowest BCUT2D eigenvalue weighted by Gasteiger charge is -2.29. The number of pyridine rings is 1. The van der Waals surface area contributed by atoms with Gasteiger partial charge in [0.15, 0.2) is 0 Å². The molecule has 0 bridgehead atoms. The lowest BCUT2D eigenvalue weighted by Crippen LogP contribution is -2.36. The predicted octanol–water partition coefficient (Wildman–Crippen LogP) is 3.94. The zero-order chi connectivity index (χ0) is 27.2. The van der Waals surface area contributed by atoms with E-state index in [4.69, 9.17) is 9.26 Å². The van der Waals surface area contributed by atoms with Gasteiger partial charge in [0, 0.05) is 60.6 Å². The van der Waals surface area contributed by atoms with E-state index in [1.807, 2.05) is 19.1 Å². The van der Waals surface area contributed by atoms with Gasteiger partial charge in [-0.05, 0) is 54.4 Å². The summed E-state index contributed by atoms with van der Waals surface area (Å²) >= 11 is 0. The van der Waals surface area contributed by atoms with Crippen molar-refractivity contribution in [2.75, 3.05) is 36.5 Å². The van der Waals surface area contributed by atoms with Crippen molar-refractivity contribution in [3.8, 4) is 17.3 Å². The van der Waals surface area contributed by atoms with Gasteiger partial charge in [-0.15, -0.1) is 0 Å². The van der Waals surface area contributed by atoms with E-state index < -0.39 is 5.91 Å². The van der Waals surface area contributed by atoms with Crippen LogP contribution in [0.15, 0.2) is 71.5 Å². The fourth-order valence-corrected chi connectivity index (χ4v) is 4.27. The van der Waals surface area contributed by atoms with E-state index in [0.717, 1.165) is 16.8 Å². The number of ether oxygens (including phenoxy) is 1. The van der Waals surface area contributed by atoms with Crippen molar-refractivity contribution in [3.05, 3.63) is 95.0 Å². The highest BCUT2D eigenvalue weighted by atomic mass is 16.5. The van der Waals surface area contributed by atoms with Crippen molar-refractivity contribution in [1.82, 2.24) is 15.5 Å². The molecule has 0 atom stereocenters. The average Bonchev–Trinajstić information content (AvgIpc) is 3.48. The van der Waals surface area contributed by atoms with Crippen LogP contribution in [0.25, 0.3) is 11.3 Å². The van der Waals surface area contributed by atoms with E-state index in [9.17, 15) is 14.9 Å². The van der Waals surface area contributed by atoms with Crippen LogP contribution >= 0.6 is 0 Å². The Morgan fingerprint density at radius 1 is 1.08 bits per heavy atom. The molecule has 2 N–H and O–H groups in total. The summed E-state index contributed by atoms with van der Waals surface area (Å²) in [6.07, 6.45) is 3.34. The van der Waals surface area contributed by atoms with Crippen LogP contribution < -0.4 is 15.5 Å². The second kappa shape index (κ2) is 11.6. The molecule has 0 radical (unpaired) electrons. The van der Waals surface area contributed by atoms with Crippen LogP contribution in [-0.2, 0) is 11.3 Å². The lowest BCUT2D eigenvalue weighted by atomic mass is 10.0. The van der Waals surface area contributed by atoms with Crippen LogP contribution in [0.1, 0.15) is 37.6 Å². The normalized spacial score (nSPS) is 13.0. The van der Waals surface area contributed by atoms with Crippen LogP contribution in [0.5, 0.6) is 0 Å². The molecule has 2 amide bonds. The molecule has 39 heavy (non-hydrogen) atoms. The number of nitriles is 1. The third kappa shape index (κ3) is 6.11. The molecule has 1 aliphatic rings. The first kappa shape index (κ1) is 25.6. The Morgan fingerprint density at radius 3 is 2.69 bits per heavy atom. The van der Waals surface area contributed by atoms with E-state index in [1.54, 1.807) is 54.9 Å². The van der Waals surface area contributed by atoms with Crippen LogP contribution in [0.4, 0.5) is 11.4 Å². The van der Waals surface area contributed by atoms with Crippen molar-refractivity contribution < 1.29 is 18.8 Å². The Hall–Kier alpha value is -5.01. The molecule has 0 unspecified atom stereocenters. The zero-order valence-corrected chi connectivity index (χ0v) is 21.3. The third-order valence-electron chi connectivity index (χ3n) is 6.37. The summed E-state index contributed by atoms with van der Waals surface area (Å²) in [6, 6.07) is 17.9. The van der Waals surface area contributed by atoms with Gasteiger partial charge in [-0.25, -0.2) is 0 Å². The summed E-state index contributed by atoms with van der Waals surface area (Å²) in [4.78, 5) is 31.9. The van der Waals surface area contributed by atoms with Gasteiger partial charge >= 0.3 is 0 Å². The second-order valence-electron chi connectivity index (χ2n) is 9.08. The summed E-state index contributed by atoms with van der Waals surface area (Å²) in [6.45, 7) is 4.80. The van der Waals surface area contributed by atoms with Gasteiger partial charge in [0.2, 0.25) is 5.76 Å². The Balaban J connectivity index is 1.31. The van der Waals surface area contributed by atoms with Crippen molar-refractivity contribution in [2.24, 2.45) is 0 Å². The van der Waals surface area contributed by atoms with E-state index in [-0.39, 0.29) is 11.7 Å². The number of aromatic nitrogens is 2. The molecule has 3 heterocycles. The molecule has 1 saturated heterocycles. The number of hydrogen-bond acceptors (Lipinski definition) is 8. The molecule has 2 aromatic carbocycles. The molecule has 0 spiro atoms. The minimum Gasteiger partial charge on any atom is -0.378 e. The number of anilines is 2. The quantitative estimate of drug-likeness (QED) is 0.373. The van der Waals surface area contributed by atoms with Crippen LogP contribution in [0.3, 0.4) is 0 Å². The van der Waals surface area contributed by atoms with Gasteiger partial charge in [0.25, 0.3) is 11.8 Å². The molecule has 10 heteroatoms. The fourth-order valence-electron chi connectivity index (χ4n) is 4.27. The number of rotatable bonds is 7. The molecular formula is C29H26N6O4. The van der Waals surface area contributed by atoms with Gasteiger partial charge in [0.05, 0.1) is 24.8 Å². The highest BCUT2D eigenvalue weighted by Gasteiger charge is 2.18. The van der Waals surface area contributed by atoms with Gasteiger partial charge in [0.1, 0.15) is 5.69 Å². The fraction of sp³-hybridized carbons (Fsp3) is 0.207. The van der Waals surface area contributed by atoms with Crippen molar-refractivity contribution in [1.29, 1.82) is 5.26 Å². The highest BCUT2D eigenvalue weighted by molar-refractivity contribution is 6.05. The monoisotopic (exact) mass is 522 g/mol. The summed E-state index contributed by atoms with van der Waals surface area (Å²) in [5.41, 5.74) is 5.08. The van der Waals surface area contributed by atoms with Gasteiger partial charge < -0.3 is 24.8 Å². The summed E-state index contributed by atoms with van der Waals surface area (Å²) in [7, 11) is 0. The van der Waals surface area contributed by atoms with Crippen molar-refractivity contribution >= 4 is 23.2 Å². The standard InChI is InChI=1S/C29H26N6O4/c1-19-4-5-23(33-28(36)22-11-21(16-30)12-24(13-22)35-7-9-38-10-8-35)14-25(19)26-15-27(39-34-26)29(37)32-18-20-3-2-6-31-17-20/h2-6,11-15,17H,7-10,18H2,1H3,(H,32,37)(H,33,36). The molecule has 4 aromatic rings. The number of amides is 2. The number of nitrogens with one attached hydrogen (secondary N) is 2. The number of morpholine rings is 1. The van der Waals surface area contributed by atoms with E-state index in [2.05, 4.69) is 31.7 Å². The molecule has 5 rings (SSSR count). The minimum absolute atomic E-state index is 0.0756. The van der Waals surface area contributed by atoms with Gasteiger partial charge in [-0.2, -0.15) is 5.26 Å². The van der Waals surface area contributed by atoms with Gasteiger partial charge in [-0.1, -0.05) is 17.3 Å². The molecule has 0 aliphatic carbocycles. The maximum Gasteiger partial charge on any atom is 0.290 e. The maximum atomic E-state index is 13.2. The molecule has 1 fully saturated rings. The molecule has 196 valence electrons. The maximum absolute atomic E-state index is 13.2. The topological polar surface area (TPSA) is 133 Å². The first-order valence-corrected chi connectivity index (χ1v) is 12.4. The van der Waals surface area contributed by atoms with Crippen LogP contribution in [0, 0.1) is 18.3 Å². The zero-order valence-electron chi connectivity index (χ0n) is 21.3. The first-order valence-electron chi connectivity index (χ1n) is 12.4. The van der Waals surface area contributed by atoms with Gasteiger partial charge in [-0.3, -0.25) is 14.6 Å². The number of nitrogens with zero attached hydrogens (tertiary/aromatic N) is 4. The first-order chi connectivity index (χ1) is 19.0. The number of aryl methyl sites for hydroxylation is 1. The van der Waals surface area contributed by atoms with E-state index in [0.29, 0.717) is 60.9 Å². The smallest absolute Gasteiger partial charge is 0.290 e. The van der Waals surface area contributed by atoms with Crippen molar-refractivity contribution in [3.63, 3.8) is 0 Å². The van der Waals surface area contributed by atoms with Crippen LogP contribution in [-0.4, -0.2) is 48.3 Å². The average molecular weight is 523 g/mol. The number of carbonyl (C=O) groups excluding carboxylic acids is 2. The van der Waals surface area contributed by atoms with E-state index in [1.165, 1.54) is 0 Å². The third-order valence-corrected chi connectivity index (χ3v) is 6.37. The Morgan fingerprint density at radius 2 is 1.92 bits per heavy atom. The minimum atomic E-state index is -0.395. The lowest BCUT2D eigenvalue weighted by molar-refractivity contribution is 0.0913. The Labute approximate surface area is 225 Å². The van der Waals surface area contributed by atoms with Crippen LogP contribution in [0.2, 0.25) is 0 Å². The summed E-state index contributed by atoms with van der Waals surface area (Å²) in [5.74, 6) is -0.660. The molecule has 1 aliphatic heterocycles. The number of hydrogen-bond donors (Lipinski definition) is 2. The highest BCUT2D eigenvalue weighted by Crippen LogP contribution is 2.27. The largest absolute Gasteiger partial charge is 0.378 e. The molecule has 2 aromatic heterocycles. The summed E-state index contributed by atoms with van der Waals surface area (Å²) < 4.78 is 10.7. The predicted molar refractivity (Wildman–Crippen MR) is 144 cm³/mol. The molecule has 10 nitrogen and oxygen atoms in total. The SMILES string of the molecule is Cc1ccc(NC(=O)c2cc(C#N)cc(N3CCOCC3)c2)cc1-c1cc(C(=O)NCc2cccnc2)on1. The van der Waals surface area contributed by atoms with E-state index >= 15 is 0 Å². The Bertz CT molecular complexity index is 1540. The molecule has 0 saturated carbocycles. The number of benzene rings is 2.